The van der Waals surface area contributed by atoms with Gasteiger partial charge in [0.1, 0.15) is 0 Å². The molecule has 1 aliphatic heterocycles. The number of fused-ring (bicyclic) bond motifs is 1. The van der Waals surface area contributed by atoms with Gasteiger partial charge in [-0.2, -0.15) is 0 Å². The van der Waals surface area contributed by atoms with Crippen molar-refractivity contribution in [2.45, 2.75) is 54.0 Å². The Balaban J connectivity index is 1.61. The van der Waals surface area contributed by atoms with Crippen molar-refractivity contribution in [3.05, 3.63) is 29.8 Å². The lowest BCUT2D eigenvalue weighted by Crippen LogP contribution is -2.23. The Morgan fingerprint density at radius 2 is 2.00 bits per heavy atom. The van der Waals surface area contributed by atoms with Gasteiger partial charge in [-0.3, -0.25) is 0 Å². The maximum Gasteiger partial charge on any atom is 0.0364 e. The van der Waals surface area contributed by atoms with Crippen LogP contribution < -0.4 is 0 Å². The van der Waals surface area contributed by atoms with Gasteiger partial charge < -0.3 is 0 Å². The minimum absolute atomic E-state index is 0.438. The van der Waals surface area contributed by atoms with Crippen LogP contribution in [0.15, 0.2) is 29.2 Å². The maximum absolute atomic E-state index is 6.46. The summed E-state index contributed by atoms with van der Waals surface area (Å²) in [5, 5.41) is 1.21. The van der Waals surface area contributed by atoms with Crippen molar-refractivity contribution in [1.82, 2.24) is 0 Å². The lowest BCUT2D eigenvalue weighted by Gasteiger charge is -2.28. The molecule has 3 rings (SSSR count). The summed E-state index contributed by atoms with van der Waals surface area (Å²) in [6.07, 6.45) is 7.87. The fraction of sp³-hybridized carbons (Fsp3) is 0.600. The number of hydrogen-bond acceptors (Lipinski definition) is 1. The van der Waals surface area contributed by atoms with Crippen LogP contribution in [0.25, 0.3) is 0 Å². The average Bonchev–Trinajstić information content (AvgIpc) is 2.74. The van der Waals surface area contributed by atoms with Crippen LogP contribution >= 0.6 is 23.4 Å². The highest BCUT2D eigenvalue weighted by Crippen LogP contribution is 2.42. The zero-order valence-electron chi connectivity index (χ0n) is 10.1. The molecule has 2 aliphatic rings. The van der Waals surface area contributed by atoms with E-state index in [1.54, 1.807) is 5.56 Å². The first-order valence-corrected chi connectivity index (χ1v) is 8.03. The Morgan fingerprint density at radius 3 is 2.82 bits per heavy atom. The third-order valence-corrected chi connectivity index (χ3v) is 6.02. The molecule has 0 amide bonds. The second-order valence-electron chi connectivity index (χ2n) is 5.35. The van der Waals surface area contributed by atoms with Crippen molar-refractivity contribution in [2.75, 3.05) is 0 Å². The van der Waals surface area contributed by atoms with E-state index in [1.165, 1.54) is 43.4 Å². The van der Waals surface area contributed by atoms with Crippen LogP contribution in [-0.4, -0.2) is 10.6 Å². The van der Waals surface area contributed by atoms with E-state index in [1.807, 2.05) is 0 Å². The summed E-state index contributed by atoms with van der Waals surface area (Å²) in [7, 11) is 0. The van der Waals surface area contributed by atoms with Crippen molar-refractivity contribution < 1.29 is 0 Å². The second-order valence-corrected chi connectivity index (χ2v) is 7.25. The first-order chi connectivity index (χ1) is 8.33. The smallest absolute Gasteiger partial charge is 0.0364 e. The summed E-state index contributed by atoms with van der Waals surface area (Å²) in [5.41, 5.74) is 1.55. The lowest BCUT2D eigenvalue weighted by molar-refractivity contribution is 0.343. The van der Waals surface area contributed by atoms with Crippen LogP contribution in [0.1, 0.15) is 37.7 Å². The van der Waals surface area contributed by atoms with Gasteiger partial charge in [-0.05, 0) is 43.2 Å². The minimum atomic E-state index is 0.438. The summed E-state index contributed by atoms with van der Waals surface area (Å²) in [5.74, 6) is 0.761. The maximum atomic E-state index is 6.46. The Labute approximate surface area is 113 Å². The molecular weight excluding hydrogens is 248 g/mol. The Kier molecular flexibility index (Phi) is 3.67. The molecule has 1 heterocycles. The zero-order valence-corrected chi connectivity index (χ0v) is 11.6. The summed E-state index contributed by atoms with van der Waals surface area (Å²) >= 11 is 8.54. The van der Waals surface area contributed by atoms with Gasteiger partial charge in [0.25, 0.3) is 0 Å². The quantitative estimate of drug-likeness (QED) is 0.687. The van der Waals surface area contributed by atoms with Gasteiger partial charge in [0, 0.05) is 15.5 Å². The molecule has 17 heavy (non-hydrogen) atoms. The molecule has 0 spiro atoms. The second kappa shape index (κ2) is 5.24. The highest BCUT2D eigenvalue weighted by molar-refractivity contribution is 8.00. The van der Waals surface area contributed by atoms with E-state index in [4.69, 9.17) is 11.6 Å². The Morgan fingerprint density at radius 1 is 1.18 bits per heavy atom. The van der Waals surface area contributed by atoms with E-state index in [2.05, 4.69) is 36.0 Å². The predicted molar refractivity (Wildman–Crippen MR) is 76.0 cm³/mol. The fourth-order valence-electron chi connectivity index (χ4n) is 3.15. The molecule has 92 valence electrons. The van der Waals surface area contributed by atoms with Crippen molar-refractivity contribution in [3.8, 4) is 0 Å². The molecular formula is C15H19ClS. The van der Waals surface area contributed by atoms with Crippen molar-refractivity contribution >= 4 is 23.4 Å². The highest BCUT2D eigenvalue weighted by atomic mass is 35.5. The molecule has 3 unspecified atom stereocenters. The van der Waals surface area contributed by atoms with Crippen LogP contribution in [-0.2, 0) is 6.42 Å². The van der Waals surface area contributed by atoms with Gasteiger partial charge in [0.05, 0.1) is 0 Å². The standard InChI is InChI=1S/C15H19ClS/c16-14-7-3-1-5-11(14)9-13-10-12-6-2-4-8-15(12)17-13/h2,4,6,8,11,13-14H,1,3,5,7,9-10H2. The number of halogens is 1. The molecule has 1 aliphatic carbocycles. The minimum Gasteiger partial charge on any atom is -0.123 e. The van der Waals surface area contributed by atoms with Crippen LogP contribution in [0.2, 0.25) is 0 Å². The molecule has 0 bridgehead atoms. The van der Waals surface area contributed by atoms with E-state index in [9.17, 15) is 0 Å². The summed E-state index contributed by atoms with van der Waals surface area (Å²) in [6, 6.07) is 8.85. The molecule has 1 saturated carbocycles. The Bertz CT molecular complexity index is 365. The monoisotopic (exact) mass is 266 g/mol. The molecule has 1 aromatic carbocycles. The zero-order chi connectivity index (χ0) is 11.7. The number of rotatable bonds is 2. The normalized spacial score (nSPS) is 32.4. The van der Waals surface area contributed by atoms with E-state index in [0.717, 1.165) is 11.2 Å². The first-order valence-electron chi connectivity index (χ1n) is 6.71. The molecule has 1 fully saturated rings. The molecule has 0 nitrogen and oxygen atoms in total. The number of alkyl halides is 1. The van der Waals surface area contributed by atoms with Crippen LogP contribution in [0.3, 0.4) is 0 Å². The molecule has 1 aromatic rings. The average molecular weight is 267 g/mol. The molecule has 0 radical (unpaired) electrons. The van der Waals surface area contributed by atoms with Crippen LogP contribution in [0, 0.1) is 5.92 Å². The van der Waals surface area contributed by atoms with Crippen molar-refractivity contribution in [3.63, 3.8) is 0 Å². The third-order valence-electron chi connectivity index (χ3n) is 4.10. The molecule has 0 saturated heterocycles. The number of thioether (sulfide) groups is 1. The van der Waals surface area contributed by atoms with E-state index >= 15 is 0 Å². The van der Waals surface area contributed by atoms with Gasteiger partial charge in [-0.25, -0.2) is 0 Å². The molecule has 0 N–H and O–H groups in total. The third kappa shape index (κ3) is 2.66. The Hall–Kier alpha value is -0.140. The first kappa shape index (κ1) is 11.9. The van der Waals surface area contributed by atoms with E-state index in [-0.39, 0.29) is 0 Å². The van der Waals surface area contributed by atoms with Gasteiger partial charge >= 0.3 is 0 Å². The lowest BCUT2D eigenvalue weighted by atomic mass is 9.85. The molecule has 2 heteroatoms. The molecule has 0 aromatic heterocycles. The van der Waals surface area contributed by atoms with E-state index in [0.29, 0.717) is 5.38 Å². The van der Waals surface area contributed by atoms with Crippen LogP contribution in [0.5, 0.6) is 0 Å². The number of hydrogen-bond donors (Lipinski definition) is 0. The van der Waals surface area contributed by atoms with Gasteiger partial charge in [0.15, 0.2) is 0 Å². The van der Waals surface area contributed by atoms with E-state index < -0.39 is 0 Å². The fourth-order valence-corrected chi connectivity index (χ4v) is 4.96. The highest BCUT2D eigenvalue weighted by Gasteiger charge is 2.29. The largest absolute Gasteiger partial charge is 0.123 e. The van der Waals surface area contributed by atoms with Gasteiger partial charge in [0.2, 0.25) is 0 Å². The van der Waals surface area contributed by atoms with Crippen molar-refractivity contribution in [2.24, 2.45) is 5.92 Å². The molecule has 3 atom stereocenters. The van der Waals surface area contributed by atoms with Gasteiger partial charge in [-0.15, -0.1) is 23.4 Å². The summed E-state index contributed by atoms with van der Waals surface area (Å²) in [4.78, 5) is 1.50. The SMILES string of the molecule is ClC1CCCCC1CC1Cc2ccccc2S1. The van der Waals surface area contributed by atoms with Crippen molar-refractivity contribution in [1.29, 1.82) is 0 Å². The summed E-state index contributed by atoms with van der Waals surface area (Å²) in [6.45, 7) is 0. The topological polar surface area (TPSA) is 0 Å². The number of benzene rings is 1. The van der Waals surface area contributed by atoms with Gasteiger partial charge in [-0.1, -0.05) is 31.0 Å². The summed E-state index contributed by atoms with van der Waals surface area (Å²) < 4.78 is 0. The predicted octanol–water partition coefficient (Wildman–Crippen LogP) is 4.89. The van der Waals surface area contributed by atoms with Crippen LogP contribution in [0.4, 0.5) is 0 Å².